The lowest BCUT2D eigenvalue weighted by molar-refractivity contribution is -0.142. The minimum absolute atomic E-state index is 0.00346. The van der Waals surface area contributed by atoms with Gasteiger partial charge in [0.25, 0.3) is 0 Å². The number of para-hydroxylation sites is 1. The van der Waals surface area contributed by atoms with Gasteiger partial charge in [0, 0.05) is 35.7 Å². The Morgan fingerprint density at radius 3 is 2.18 bits per heavy atom. The molecule has 0 bridgehead atoms. The van der Waals surface area contributed by atoms with Crippen LogP contribution in [0.1, 0.15) is 38.7 Å². The number of fused-ring (bicyclic) bond motifs is 1. The van der Waals surface area contributed by atoms with Gasteiger partial charge in [-0.3, -0.25) is 19.2 Å². The number of thiol groups is 1. The number of carbonyl (C=O) groups excluding carboxylic acids is 4. The topological polar surface area (TPSA) is 209 Å². The highest BCUT2D eigenvalue weighted by Gasteiger charge is 2.31. The first-order valence-corrected chi connectivity index (χ1v) is 12.9. The first-order chi connectivity index (χ1) is 17.9. The summed E-state index contributed by atoms with van der Waals surface area (Å²) in [6.45, 7) is 3.70. The third kappa shape index (κ3) is 9.06. The highest BCUT2D eigenvalue weighted by atomic mass is 32.1. The van der Waals surface area contributed by atoms with Gasteiger partial charge in [0.1, 0.15) is 18.1 Å². The predicted molar refractivity (Wildman–Crippen MR) is 145 cm³/mol. The van der Waals surface area contributed by atoms with Crippen LogP contribution in [0.25, 0.3) is 10.9 Å². The van der Waals surface area contributed by atoms with E-state index in [4.69, 9.17) is 11.5 Å². The molecule has 9 N–H and O–H groups in total. The largest absolute Gasteiger partial charge is 0.480 e. The maximum atomic E-state index is 13.2. The Morgan fingerprint density at radius 2 is 1.58 bits per heavy atom. The number of benzene rings is 1. The van der Waals surface area contributed by atoms with Gasteiger partial charge in [-0.2, -0.15) is 12.6 Å². The van der Waals surface area contributed by atoms with Crippen molar-refractivity contribution in [1.82, 2.24) is 20.9 Å². The first-order valence-electron chi connectivity index (χ1n) is 12.3. The number of hydrogen-bond acceptors (Lipinski definition) is 7. The Morgan fingerprint density at radius 1 is 0.974 bits per heavy atom. The quantitative estimate of drug-likeness (QED) is 0.141. The monoisotopic (exact) mass is 548 g/mol. The van der Waals surface area contributed by atoms with E-state index in [1.54, 1.807) is 6.20 Å². The summed E-state index contributed by atoms with van der Waals surface area (Å²) >= 11 is 3.99. The molecule has 12 nitrogen and oxygen atoms in total. The molecule has 2 aromatic rings. The van der Waals surface area contributed by atoms with Crippen LogP contribution < -0.4 is 27.4 Å². The van der Waals surface area contributed by atoms with Gasteiger partial charge in [-0.15, -0.1) is 0 Å². The van der Waals surface area contributed by atoms with Crippen molar-refractivity contribution in [1.29, 1.82) is 0 Å². The molecule has 4 amide bonds. The first kappa shape index (κ1) is 30.6. The standard InChI is InChI=1S/C25H36N6O6S/c1-13(2)9-19(30-22(33)16(26)12-38)24(35)29-18(7-8-21(27)32)23(34)31-20(25(36)37)10-14-11-28-17-6-4-3-5-15(14)17/h3-6,11,13,16,18-20,28,38H,7-10,12,26H2,1-2H3,(H2,27,32)(H,29,35)(H,30,33)(H,31,34)(H,36,37). The van der Waals surface area contributed by atoms with Crippen LogP contribution in [0, 0.1) is 5.92 Å². The number of primary amides is 1. The maximum Gasteiger partial charge on any atom is 0.326 e. The van der Waals surface area contributed by atoms with Gasteiger partial charge in [-0.25, -0.2) is 4.79 Å². The summed E-state index contributed by atoms with van der Waals surface area (Å²) in [6, 6.07) is 2.80. The Labute approximate surface area is 226 Å². The molecule has 208 valence electrons. The lowest BCUT2D eigenvalue weighted by Crippen LogP contribution is -2.57. The number of nitrogens with two attached hydrogens (primary N) is 2. The van der Waals surface area contributed by atoms with Crippen LogP contribution >= 0.6 is 12.6 Å². The van der Waals surface area contributed by atoms with Gasteiger partial charge in [0.15, 0.2) is 0 Å². The van der Waals surface area contributed by atoms with Gasteiger partial charge >= 0.3 is 5.97 Å². The Hall–Kier alpha value is -3.58. The Balaban J connectivity index is 2.20. The van der Waals surface area contributed by atoms with Crippen LogP contribution in [-0.4, -0.2) is 69.6 Å². The van der Waals surface area contributed by atoms with E-state index in [1.807, 2.05) is 38.1 Å². The molecule has 1 heterocycles. The van der Waals surface area contributed by atoms with E-state index in [-0.39, 0.29) is 37.4 Å². The van der Waals surface area contributed by atoms with Crippen molar-refractivity contribution in [2.75, 3.05) is 5.75 Å². The minimum atomic E-state index is -1.31. The maximum absolute atomic E-state index is 13.2. The van der Waals surface area contributed by atoms with Gasteiger partial charge in [-0.1, -0.05) is 32.0 Å². The molecule has 0 fully saturated rings. The molecular weight excluding hydrogens is 512 g/mol. The van der Waals surface area contributed by atoms with E-state index in [0.29, 0.717) is 5.56 Å². The van der Waals surface area contributed by atoms with Crippen molar-refractivity contribution < 1.29 is 29.1 Å². The summed E-state index contributed by atoms with van der Waals surface area (Å²) in [5.41, 5.74) is 12.5. The summed E-state index contributed by atoms with van der Waals surface area (Å²) < 4.78 is 0. The molecule has 2 rings (SSSR count). The molecule has 1 aromatic heterocycles. The molecule has 13 heteroatoms. The second-order valence-corrected chi connectivity index (χ2v) is 9.87. The number of rotatable bonds is 15. The average Bonchev–Trinajstić information content (AvgIpc) is 3.27. The zero-order chi connectivity index (χ0) is 28.4. The minimum Gasteiger partial charge on any atom is -0.480 e. The third-order valence-corrected chi connectivity index (χ3v) is 6.29. The molecule has 1 aromatic carbocycles. The van der Waals surface area contributed by atoms with Crippen LogP contribution in [0.15, 0.2) is 30.5 Å². The Kier molecular flexibility index (Phi) is 11.6. The molecule has 4 atom stereocenters. The number of carboxylic acids is 1. The number of aromatic nitrogens is 1. The fourth-order valence-electron chi connectivity index (χ4n) is 3.89. The Bertz CT molecular complexity index is 1150. The van der Waals surface area contributed by atoms with Gasteiger partial charge in [0.2, 0.25) is 23.6 Å². The molecular formula is C25H36N6O6S. The number of amides is 4. The highest BCUT2D eigenvalue weighted by molar-refractivity contribution is 7.80. The molecule has 4 unspecified atom stereocenters. The third-order valence-electron chi connectivity index (χ3n) is 5.90. The lowest BCUT2D eigenvalue weighted by atomic mass is 10.0. The average molecular weight is 549 g/mol. The van der Waals surface area contributed by atoms with Crippen LogP contribution in [0.5, 0.6) is 0 Å². The van der Waals surface area contributed by atoms with E-state index >= 15 is 0 Å². The normalized spacial score (nSPS) is 14.3. The van der Waals surface area contributed by atoms with Gasteiger partial charge in [0.05, 0.1) is 6.04 Å². The van der Waals surface area contributed by atoms with Crippen molar-refractivity contribution in [2.24, 2.45) is 17.4 Å². The number of aliphatic carboxylic acids is 1. The van der Waals surface area contributed by atoms with Gasteiger partial charge < -0.3 is 37.5 Å². The zero-order valence-electron chi connectivity index (χ0n) is 21.4. The zero-order valence-corrected chi connectivity index (χ0v) is 22.3. The van der Waals surface area contributed by atoms with E-state index < -0.39 is 53.8 Å². The van der Waals surface area contributed by atoms with Gasteiger partial charge in [-0.05, 0) is 30.4 Å². The van der Waals surface area contributed by atoms with Crippen molar-refractivity contribution in [3.63, 3.8) is 0 Å². The summed E-state index contributed by atoms with van der Waals surface area (Å²) in [5, 5.41) is 18.2. The van der Waals surface area contributed by atoms with Crippen molar-refractivity contribution >= 4 is 53.1 Å². The van der Waals surface area contributed by atoms with Crippen LogP contribution in [0.4, 0.5) is 0 Å². The summed E-state index contributed by atoms with van der Waals surface area (Å²) in [5.74, 6) is -3.95. The second kappa shape index (κ2) is 14.4. The molecule has 0 aliphatic rings. The summed E-state index contributed by atoms with van der Waals surface area (Å²) in [7, 11) is 0. The fourth-order valence-corrected chi connectivity index (χ4v) is 4.05. The number of aromatic amines is 1. The molecule has 38 heavy (non-hydrogen) atoms. The lowest BCUT2D eigenvalue weighted by Gasteiger charge is -2.25. The van der Waals surface area contributed by atoms with E-state index in [1.165, 1.54) is 0 Å². The highest BCUT2D eigenvalue weighted by Crippen LogP contribution is 2.19. The number of carbonyl (C=O) groups is 5. The van der Waals surface area contributed by atoms with Crippen molar-refractivity contribution in [3.05, 3.63) is 36.0 Å². The molecule has 0 aliphatic carbocycles. The number of carboxylic acid groups (broad SMARTS) is 1. The van der Waals surface area contributed by atoms with Crippen molar-refractivity contribution in [3.8, 4) is 0 Å². The molecule has 0 radical (unpaired) electrons. The number of nitrogens with one attached hydrogen (secondary N) is 4. The van der Waals surface area contributed by atoms with E-state index in [0.717, 1.165) is 10.9 Å². The van der Waals surface area contributed by atoms with Crippen LogP contribution in [0.3, 0.4) is 0 Å². The summed E-state index contributed by atoms with van der Waals surface area (Å²) in [4.78, 5) is 65.0. The molecule has 0 saturated heterocycles. The predicted octanol–water partition coefficient (Wildman–Crippen LogP) is -0.182. The summed E-state index contributed by atoms with van der Waals surface area (Å²) in [6.07, 6.45) is 1.51. The smallest absolute Gasteiger partial charge is 0.326 e. The van der Waals surface area contributed by atoms with E-state index in [2.05, 4.69) is 33.6 Å². The van der Waals surface area contributed by atoms with Crippen molar-refractivity contribution in [2.45, 2.75) is 63.7 Å². The second-order valence-electron chi connectivity index (χ2n) is 9.51. The molecule has 0 spiro atoms. The van der Waals surface area contributed by atoms with Crippen LogP contribution in [-0.2, 0) is 30.4 Å². The molecule has 0 aliphatic heterocycles. The fraction of sp³-hybridized carbons (Fsp3) is 0.480. The van der Waals surface area contributed by atoms with E-state index in [9.17, 15) is 29.1 Å². The number of H-pyrrole nitrogens is 1. The number of hydrogen-bond donors (Lipinski definition) is 8. The molecule has 0 saturated carbocycles. The van der Waals surface area contributed by atoms with Crippen LogP contribution in [0.2, 0.25) is 0 Å². The SMILES string of the molecule is CC(C)CC(NC(=O)C(N)CS)C(=O)NC(CCC(N)=O)C(=O)NC(Cc1c[nH]c2ccccc12)C(=O)O.